The number of nitrogens with one attached hydrogen (secondary N) is 2. The summed E-state index contributed by atoms with van der Waals surface area (Å²) in [5.41, 5.74) is 7.99. The molecular formula is C19H20N4O2. The maximum atomic E-state index is 12.1. The minimum Gasteiger partial charge on any atom is -0.368 e. The number of H-pyrrole nitrogens is 1. The first-order valence-electron chi connectivity index (χ1n) is 8.21. The Kier molecular flexibility index (Phi) is 5.09. The largest absolute Gasteiger partial charge is 0.368 e. The number of imidazole rings is 1. The number of hydrogen-bond acceptors (Lipinski definition) is 3. The smallest absolute Gasteiger partial charge is 0.244 e. The fraction of sp³-hybridized carbons (Fsp3) is 0.211. The fourth-order valence-electron chi connectivity index (χ4n) is 2.74. The first kappa shape index (κ1) is 16.7. The number of primary amides is 1. The van der Waals surface area contributed by atoms with Crippen LogP contribution in [-0.4, -0.2) is 21.8 Å². The predicted molar refractivity (Wildman–Crippen MR) is 95.6 cm³/mol. The maximum absolute atomic E-state index is 12.1. The van der Waals surface area contributed by atoms with Crippen molar-refractivity contribution in [3.05, 3.63) is 66.0 Å². The third-order valence-electron chi connectivity index (χ3n) is 3.98. The molecule has 0 fully saturated rings. The molecule has 1 unspecified atom stereocenters. The molecule has 6 nitrogen and oxygen atoms in total. The number of aromatic amines is 1. The highest BCUT2D eigenvalue weighted by Gasteiger charge is 2.19. The lowest BCUT2D eigenvalue weighted by Crippen LogP contribution is -2.37. The van der Waals surface area contributed by atoms with Crippen LogP contribution in [0.3, 0.4) is 0 Å². The number of aryl methyl sites for hydroxylation is 1. The summed E-state index contributed by atoms with van der Waals surface area (Å²) < 4.78 is 0. The van der Waals surface area contributed by atoms with Gasteiger partial charge in [-0.05, 0) is 24.1 Å². The topological polar surface area (TPSA) is 101 Å². The summed E-state index contributed by atoms with van der Waals surface area (Å²) in [7, 11) is 0. The number of benzene rings is 2. The van der Waals surface area contributed by atoms with E-state index in [2.05, 4.69) is 15.3 Å². The molecule has 1 aromatic heterocycles. The molecule has 0 radical (unpaired) electrons. The van der Waals surface area contributed by atoms with Crippen molar-refractivity contribution in [2.75, 3.05) is 0 Å². The van der Waals surface area contributed by atoms with Crippen LogP contribution in [0.5, 0.6) is 0 Å². The van der Waals surface area contributed by atoms with E-state index in [1.165, 1.54) is 0 Å². The predicted octanol–water partition coefficient (Wildman–Crippen LogP) is 2.23. The van der Waals surface area contributed by atoms with Crippen LogP contribution in [0.15, 0.2) is 54.6 Å². The lowest BCUT2D eigenvalue weighted by atomic mass is 10.1. The van der Waals surface area contributed by atoms with Gasteiger partial charge in [0.25, 0.3) is 0 Å². The molecule has 2 amide bonds. The molecule has 0 aliphatic heterocycles. The number of carbonyl (C=O) groups is 2. The third-order valence-corrected chi connectivity index (χ3v) is 3.98. The van der Waals surface area contributed by atoms with Crippen molar-refractivity contribution in [1.82, 2.24) is 15.3 Å². The van der Waals surface area contributed by atoms with E-state index < -0.39 is 11.9 Å². The number of nitrogens with two attached hydrogens (primary N) is 1. The zero-order valence-electron chi connectivity index (χ0n) is 13.7. The van der Waals surface area contributed by atoms with Crippen LogP contribution >= 0.6 is 0 Å². The number of para-hydroxylation sites is 2. The van der Waals surface area contributed by atoms with Crippen molar-refractivity contribution in [2.45, 2.75) is 25.3 Å². The number of nitrogens with zero attached hydrogens (tertiary/aromatic N) is 1. The minimum absolute atomic E-state index is 0.205. The molecule has 128 valence electrons. The average Bonchev–Trinajstić information content (AvgIpc) is 3.03. The molecule has 6 heteroatoms. The van der Waals surface area contributed by atoms with Crippen molar-refractivity contribution in [3.63, 3.8) is 0 Å². The molecule has 3 aromatic rings. The number of hydrogen-bond donors (Lipinski definition) is 3. The Bertz CT molecular complexity index is 840. The number of aromatic nitrogens is 2. The van der Waals surface area contributed by atoms with Crippen molar-refractivity contribution in [3.8, 4) is 0 Å². The van der Waals surface area contributed by atoms with Gasteiger partial charge in [0.15, 0.2) is 0 Å². The molecular weight excluding hydrogens is 316 g/mol. The van der Waals surface area contributed by atoms with Gasteiger partial charge in [-0.15, -0.1) is 0 Å². The third kappa shape index (κ3) is 4.23. The molecule has 4 N–H and O–H groups in total. The quantitative estimate of drug-likeness (QED) is 0.616. The highest BCUT2D eigenvalue weighted by Crippen LogP contribution is 2.14. The molecule has 0 spiro atoms. The summed E-state index contributed by atoms with van der Waals surface area (Å²) in [6.45, 7) is 0. The number of amides is 2. The van der Waals surface area contributed by atoms with Crippen LogP contribution in [0.2, 0.25) is 0 Å². The molecule has 0 aliphatic rings. The van der Waals surface area contributed by atoms with Gasteiger partial charge in [0.1, 0.15) is 11.9 Å². The van der Waals surface area contributed by atoms with Gasteiger partial charge >= 0.3 is 0 Å². The number of carbonyl (C=O) groups excluding carboxylic acids is 2. The molecule has 2 aromatic carbocycles. The lowest BCUT2D eigenvalue weighted by Gasteiger charge is -2.15. The lowest BCUT2D eigenvalue weighted by molar-refractivity contribution is -0.127. The normalized spacial score (nSPS) is 12.0. The van der Waals surface area contributed by atoms with E-state index in [4.69, 9.17) is 5.73 Å². The Labute approximate surface area is 145 Å². The fourth-order valence-corrected chi connectivity index (χ4v) is 2.74. The van der Waals surface area contributed by atoms with Gasteiger partial charge in [0.2, 0.25) is 11.8 Å². The molecule has 0 bridgehead atoms. The molecule has 3 rings (SSSR count). The van der Waals surface area contributed by atoms with Crippen LogP contribution < -0.4 is 11.1 Å². The number of fused-ring (bicyclic) bond motifs is 1. The molecule has 1 heterocycles. The first-order valence-corrected chi connectivity index (χ1v) is 8.21. The van der Waals surface area contributed by atoms with E-state index in [-0.39, 0.29) is 5.91 Å². The molecule has 1 atom stereocenters. The molecule has 25 heavy (non-hydrogen) atoms. The van der Waals surface area contributed by atoms with Crippen molar-refractivity contribution >= 4 is 22.8 Å². The minimum atomic E-state index is -0.806. The maximum Gasteiger partial charge on any atom is 0.244 e. The summed E-state index contributed by atoms with van der Waals surface area (Å²) in [6.07, 6.45) is 1.59. The second-order valence-electron chi connectivity index (χ2n) is 5.87. The Morgan fingerprint density at radius 2 is 1.80 bits per heavy atom. The summed E-state index contributed by atoms with van der Waals surface area (Å²) in [4.78, 5) is 31.5. The van der Waals surface area contributed by atoms with Gasteiger partial charge in [-0.2, -0.15) is 0 Å². The van der Waals surface area contributed by atoms with Crippen LogP contribution in [0.25, 0.3) is 11.0 Å². The van der Waals surface area contributed by atoms with Gasteiger partial charge in [0.05, 0.1) is 11.0 Å². The van der Waals surface area contributed by atoms with Gasteiger partial charge in [-0.3, -0.25) is 9.59 Å². The molecule has 0 aliphatic carbocycles. The SMILES string of the molecule is NC(=O)C(NC(=O)CCCc1nc2ccccc2[nH]1)c1ccccc1. The zero-order valence-corrected chi connectivity index (χ0v) is 13.7. The van der Waals surface area contributed by atoms with E-state index in [9.17, 15) is 9.59 Å². The van der Waals surface area contributed by atoms with E-state index in [0.29, 0.717) is 24.8 Å². The second kappa shape index (κ2) is 7.61. The van der Waals surface area contributed by atoms with Gasteiger partial charge in [-0.1, -0.05) is 42.5 Å². The van der Waals surface area contributed by atoms with Crippen molar-refractivity contribution in [2.24, 2.45) is 5.73 Å². The standard InChI is InChI=1S/C19H20N4O2/c20-19(25)18(13-7-2-1-3-8-13)23-17(24)12-6-11-16-21-14-9-4-5-10-15(14)22-16/h1-5,7-10,18H,6,11-12H2,(H2,20,25)(H,21,22)(H,23,24). The Morgan fingerprint density at radius 3 is 2.52 bits per heavy atom. The summed E-state index contributed by atoms with van der Waals surface area (Å²) in [5.74, 6) is 0.0732. The molecule has 0 saturated heterocycles. The highest BCUT2D eigenvalue weighted by atomic mass is 16.2. The Hall–Kier alpha value is -3.15. The van der Waals surface area contributed by atoms with E-state index >= 15 is 0 Å². The summed E-state index contributed by atoms with van der Waals surface area (Å²) >= 11 is 0. The monoisotopic (exact) mass is 336 g/mol. The van der Waals surface area contributed by atoms with Crippen molar-refractivity contribution < 1.29 is 9.59 Å². The first-order chi connectivity index (χ1) is 12.1. The van der Waals surface area contributed by atoms with Crippen LogP contribution in [0, 0.1) is 0 Å². The van der Waals surface area contributed by atoms with Gasteiger partial charge in [0, 0.05) is 12.8 Å². The number of rotatable bonds is 7. The molecule has 0 saturated carbocycles. The van der Waals surface area contributed by atoms with E-state index in [1.807, 2.05) is 30.3 Å². The highest BCUT2D eigenvalue weighted by molar-refractivity contribution is 5.87. The van der Waals surface area contributed by atoms with Gasteiger partial charge < -0.3 is 16.0 Å². The van der Waals surface area contributed by atoms with Gasteiger partial charge in [-0.25, -0.2) is 4.98 Å². The second-order valence-corrected chi connectivity index (χ2v) is 5.87. The van der Waals surface area contributed by atoms with E-state index in [0.717, 1.165) is 16.9 Å². The Morgan fingerprint density at radius 1 is 1.08 bits per heavy atom. The Balaban J connectivity index is 1.54. The van der Waals surface area contributed by atoms with Crippen LogP contribution in [0.1, 0.15) is 30.3 Å². The van der Waals surface area contributed by atoms with Crippen LogP contribution in [0.4, 0.5) is 0 Å². The van der Waals surface area contributed by atoms with E-state index in [1.54, 1.807) is 24.3 Å². The summed E-state index contributed by atoms with van der Waals surface area (Å²) in [6, 6.07) is 16.0. The summed E-state index contributed by atoms with van der Waals surface area (Å²) in [5, 5.41) is 2.70. The van der Waals surface area contributed by atoms with Crippen LogP contribution in [-0.2, 0) is 16.0 Å². The zero-order chi connectivity index (χ0) is 17.6. The average molecular weight is 336 g/mol. The van der Waals surface area contributed by atoms with Crippen molar-refractivity contribution in [1.29, 1.82) is 0 Å².